The molecule has 1 aromatic carbocycles. The Hall–Kier alpha value is -3.30. The summed E-state index contributed by atoms with van der Waals surface area (Å²) in [5.74, 6) is -0.289. The number of rotatable bonds is 6. The number of anilines is 1. The topological polar surface area (TPSA) is 110 Å². The maximum Gasteiger partial charge on any atom is 0.253 e. The van der Waals surface area contributed by atoms with Crippen LogP contribution in [-0.4, -0.2) is 69.0 Å². The maximum absolute atomic E-state index is 12.6. The van der Waals surface area contributed by atoms with E-state index in [0.29, 0.717) is 43.7 Å². The molecule has 2 aromatic heterocycles. The van der Waals surface area contributed by atoms with Crippen molar-refractivity contribution in [1.82, 2.24) is 19.7 Å². The summed E-state index contributed by atoms with van der Waals surface area (Å²) < 4.78 is 6.60. The lowest BCUT2D eigenvalue weighted by atomic mass is 9.91. The summed E-state index contributed by atoms with van der Waals surface area (Å²) in [7, 11) is 1.47. The molecule has 1 saturated heterocycles. The molecule has 1 aliphatic rings. The number of ether oxygens (including phenoxy) is 1. The molecule has 0 spiro atoms. The van der Waals surface area contributed by atoms with E-state index in [-0.39, 0.29) is 18.4 Å². The molecule has 3 aromatic rings. The molecule has 0 bridgehead atoms. The standard InChI is InChI=1S/C22H25N5O4/c1-31-14-20(28)25-18-3-2-17-13-24-27(19(17)12-18)15-22(30)6-10-26(11-7-22)21(29)16-4-8-23-9-5-16/h2-5,8-9,12-13,30H,6-7,10-11,14-15H2,1H3,(H,25,28). The summed E-state index contributed by atoms with van der Waals surface area (Å²) in [6.45, 7) is 1.22. The number of hydrogen-bond donors (Lipinski definition) is 2. The number of piperidine rings is 1. The minimum Gasteiger partial charge on any atom is -0.388 e. The van der Waals surface area contributed by atoms with E-state index in [0.717, 1.165) is 10.9 Å². The van der Waals surface area contributed by atoms with Gasteiger partial charge in [-0.05, 0) is 43.2 Å². The fourth-order valence-electron chi connectivity index (χ4n) is 3.84. The van der Waals surface area contributed by atoms with Crippen molar-refractivity contribution in [2.45, 2.75) is 25.0 Å². The van der Waals surface area contributed by atoms with Gasteiger partial charge in [-0.3, -0.25) is 19.3 Å². The predicted octanol–water partition coefficient (Wildman–Crippen LogP) is 1.68. The molecule has 0 saturated carbocycles. The van der Waals surface area contributed by atoms with Crippen LogP contribution in [0.15, 0.2) is 48.9 Å². The first-order chi connectivity index (χ1) is 15.0. The van der Waals surface area contributed by atoms with Crippen LogP contribution in [0.25, 0.3) is 10.9 Å². The van der Waals surface area contributed by atoms with Crippen LogP contribution in [0.3, 0.4) is 0 Å². The van der Waals surface area contributed by atoms with Crippen molar-refractivity contribution < 1.29 is 19.4 Å². The summed E-state index contributed by atoms with van der Waals surface area (Å²) in [4.78, 5) is 30.1. The van der Waals surface area contributed by atoms with E-state index in [1.54, 1.807) is 46.4 Å². The maximum atomic E-state index is 12.6. The molecule has 1 aliphatic heterocycles. The van der Waals surface area contributed by atoms with E-state index in [9.17, 15) is 14.7 Å². The zero-order chi connectivity index (χ0) is 21.8. The van der Waals surface area contributed by atoms with E-state index in [4.69, 9.17) is 4.74 Å². The van der Waals surface area contributed by atoms with Gasteiger partial charge in [-0.1, -0.05) is 0 Å². The molecule has 162 valence electrons. The number of amides is 2. The summed E-state index contributed by atoms with van der Waals surface area (Å²) in [6, 6.07) is 8.91. The van der Waals surface area contributed by atoms with Crippen molar-refractivity contribution in [2.24, 2.45) is 0 Å². The van der Waals surface area contributed by atoms with E-state index in [1.807, 2.05) is 12.1 Å². The van der Waals surface area contributed by atoms with Crippen LogP contribution < -0.4 is 5.32 Å². The first kappa shape index (κ1) is 21.0. The highest BCUT2D eigenvalue weighted by Gasteiger charge is 2.35. The van der Waals surface area contributed by atoms with Gasteiger partial charge in [0.25, 0.3) is 5.91 Å². The number of pyridine rings is 1. The van der Waals surface area contributed by atoms with Gasteiger partial charge in [0, 0.05) is 49.2 Å². The lowest BCUT2D eigenvalue weighted by Crippen LogP contribution is -2.48. The number of carbonyl (C=O) groups is 2. The van der Waals surface area contributed by atoms with Crippen molar-refractivity contribution in [3.05, 3.63) is 54.5 Å². The molecule has 0 aliphatic carbocycles. The largest absolute Gasteiger partial charge is 0.388 e. The molecule has 0 radical (unpaired) electrons. The van der Waals surface area contributed by atoms with Crippen molar-refractivity contribution in [3.8, 4) is 0 Å². The molecule has 9 heteroatoms. The molecule has 3 heterocycles. The van der Waals surface area contributed by atoms with Crippen LogP contribution in [0.2, 0.25) is 0 Å². The highest BCUT2D eigenvalue weighted by Crippen LogP contribution is 2.27. The molecule has 2 N–H and O–H groups in total. The van der Waals surface area contributed by atoms with Gasteiger partial charge in [0.15, 0.2) is 0 Å². The van der Waals surface area contributed by atoms with Gasteiger partial charge in [0.1, 0.15) is 6.61 Å². The SMILES string of the molecule is COCC(=O)Nc1ccc2cnn(CC3(O)CCN(C(=O)c4ccncc4)CC3)c2c1. The Morgan fingerprint density at radius 3 is 2.65 bits per heavy atom. The van der Waals surface area contributed by atoms with Crippen LogP contribution in [0.1, 0.15) is 23.2 Å². The number of aromatic nitrogens is 3. The van der Waals surface area contributed by atoms with Crippen LogP contribution in [0, 0.1) is 0 Å². The zero-order valence-corrected chi connectivity index (χ0v) is 17.3. The van der Waals surface area contributed by atoms with E-state index >= 15 is 0 Å². The van der Waals surface area contributed by atoms with Crippen molar-refractivity contribution in [1.29, 1.82) is 0 Å². The van der Waals surface area contributed by atoms with Gasteiger partial charge in [-0.25, -0.2) is 0 Å². The second kappa shape index (κ2) is 8.83. The fraction of sp³-hybridized carbons (Fsp3) is 0.364. The second-order valence-corrected chi connectivity index (χ2v) is 7.81. The first-order valence-electron chi connectivity index (χ1n) is 10.1. The molecular weight excluding hydrogens is 398 g/mol. The Balaban J connectivity index is 1.44. The molecule has 31 heavy (non-hydrogen) atoms. The van der Waals surface area contributed by atoms with Gasteiger partial charge in [-0.15, -0.1) is 0 Å². The smallest absolute Gasteiger partial charge is 0.253 e. The monoisotopic (exact) mass is 423 g/mol. The number of nitrogens with zero attached hydrogens (tertiary/aromatic N) is 4. The predicted molar refractivity (Wildman–Crippen MR) is 115 cm³/mol. The number of hydrogen-bond acceptors (Lipinski definition) is 6. The molecular formula is C22H25N5O4. The highest BCUT2D eigenvalue weighted by molar-refractivity contribution is 5.94. The number of likely N-dealkylation sites (tertiary alicyclic amines) is 1. The minimum absolute atomic E-state index is 0.0221. The van der Waals surface area contributed by atoms with E-state index < -0.39 is 5.60 Å². The summed E-state index contributed by atoms with van der Waals surface area (Å²) in [5, 5.41) is 19.3. The summed E-state index contributed by atoms with van der Waals surface area (Å²) in [5.41, 5.74) is 1.09. The van der Waals surface area contributed by atoms with E-state index in [1.165, 1.54) is 7.11 Å². The van der Waals surface area contributed by atoms with E-state index in [2.05, 4.69) is 15.4 Å². The quantitative estimate of drug-likeness (QED) is 0.624. The number of carbonyl (C=O) groups excluding carboxylic acids is 2. The van der Waals surface area contributed by atoms with Crippen LogP contribution in [0.4, 0.5) is 5.69 Å². The van der Waals surface area contributed by atoms with Crippen molar-refractivity contribution >= 4 is 28.4 Å². The Morgan fingerprint density at radius 2 is 1.94 bits per heavy atom. The lowest BCUT2D eigenvalue weighted by molar-refractivity contribution is -0.119. The molecule has 2 amide bonds. The van der Waals surface area contributed by atoms with Crippen LogP contribution in [-0.2, 0) is 16.1 Å². The molecule has 4 rings (SSSR count). The number of benzene rings is 1. The molecule has 9 nitrogen and oxygen atoms in total. The highest BCUT2D eigenvalue weighted by atomic mass is 16.5. The number of methoxy groups -OCH3 is 1. The third-order valence-corrected chi connectivity index (χ3v) is 5.56. The minimum atomic E-state index is -0.969. The summed E-state index contributed by atoms with van der Waals surface area (Å²) >= 11 is 0. The fourth-order valence-corrected chi connectivity index (χ4v) is 3.84. The van der Waals surface area contributed by atoms with Gasteiger partial charge in [-0.2, -0.15) is 5.10 Å². The molecule has 0 atom stereocenters. The Bertz CT molecular complexity index is 1070. The van der Waals surface area contributed by atoms with Crippen LogP contribution >= 0.6 is 0 Å². The zero-order valence-electron chi connectivity index (χ0n) is 17.3. The van der Waals surface area contributed by atoms with Gasteiger partial charge in [0.2, 0.25) is 5.91 Å². The number of aliphatic hydroxyl groups is 1. The van der Waals surface area contributed by atoms with Gasteiger partial charge in [0.05, 0.1) is 23.9 Å². The average molecular weight is 423 g/mol. The Labute approximate surface area is 179 Å². The van der Waals surface area contributed by atoms with Gasteiger partial charge >= 0.3 is 0 Å². The normalized spacial score (nSPS) is 15.7. The summed E-state index contributed by atoms with van der Waals surface area (Å²) in [6.07, 6.45) is 5.84. The third-order valence-electron chi connectivity index (χ3n) is 5.56. The lowest BCUT2D eigenvalue weighted by Gasteiger charge is -2.38. The first-order valence-corrected chi connectivity index (χ1v) is 10.1. The van der Waals surface area contributed by atoms with Crippen molar-refractivity contribution in [2.75, 3.05) is 32.1 Å². The number of fused-ring (bicyclic) bond motifs is 1. The molecule has 1 fully saturated rings. The third kappa shape index (κ3) is 4.73. The average Bonchev–Trinajstić information content (AvgIpc) is 3.16. The Morgan fingerprint density at radius 1 is 1.19 bits per heavy atom. The Kier molecular flexibility index (Phi) is 5.97. The van der Waals surface area contributed by atoms with Crippen LogP contribution in [0.5, 0.6) is 0 Å². The second-order valence-electron chi connectivity index (χ2n) is 7.81. The van der Waals surface area contributed by atoms with Crippen molar-refractivity contribution in [3.63, 3.8) is 0 Å². The van der Waals surface area contributed by atoms with Gasteiger partial charge < -0.3 is 20.1 Å². The molecule has 0 unspecified atom stereocenters. The number of nitrogens with one attached hydrogen (secondary N) is 1.